The first-order chi connectivity index (χ1) is 9.29. The molecule has 0 radical (unpaired) electrons. The quantitative estimate of drug-likeness (QED) is 0.367. The lowest BCUT2D eigenvalue weighted by Crippen LogP contribution is -2.42. The number of carboxylic acids is 1. The van der Waals surface area contributed by atoms with Gasteiger partial charge in [-0.05, 0) is 24.2 Å². The standard InChI is InChI=1S/C15H30N2O3/c1-5-11(3)7-13(9-15(19)20)10-17(16)14(18)8-12(4)6-2/h11-13H,5-10,16H2,1-4H3,(H,19,20). The van der Waals surface area contributed by atoms with Crippen molar-refractivity contribution >= 4 is 11.9 Å². The first-order valence-electron chi connectivity index (χ1n) is 7.56. The number of aliphatic carboxylic acids is 1. The molecule has 0 fully saturated rings. The van der Waals surface area contributed by atoms with Crippen molar-refractivity contribution in [2.45, 2.75) is 59.8 Å². The first kappa shape index (κ1) is 18.9. The van der Waals surface area contributed by atoms with Crippen molar-refractivity contribution in [3.05, 3.63) is 0 Å². The number of carbonyl (C=O) groups is 2. The number of nitrogens with two attached hydrogens (primary N) is 1. The molecule has 0 aromatic rings. The van der Waals surface area contributed by atoms with E-state index in [9.17, 15) is 9.59 Å². The molecule has 3 N–H and O–H groups in total. The van der Waals surface area contributed by atoms with Gasteiger partial charge in [0.1, 0.15) is 0 Å². The Morgan fingerprint density at radius 3 is 2.10 bits per heavy atom. The normalized spacial score (nSPS) is 15.4. The van der Waals surface area contributed by atoms with Crippen molar-refractivity contribution in [1.29, 1.82) is 0 Å². The van der Waals surface area contributed by atoms with Gasteiger partial charge in [0.2, 0.25) is 5.91 Å². The average Bonchev–Trinajstić information content (AvgIpc) is 2.37. The van der Waals surface area contributed by atoms with Crippen LogP contribution in [0, 0.1) is 17.8 Å². The highest BCUT2D eigenvalue weighted by atomic mass is 16.4. The predicted octanol–water partition coefficient (Wildman–Crippen LogP) is 2.65. The third-order valence-corrected chi connectivity index (χ3v) is 3.89. The van der Waals surface area contributed by atoms with Gasteiger partial charge in [-0.25, -0.2) is 5.84 Å². The fourth-order valence-electron chi connectivity index (χ4n) is 2.14. The summed E-state index contributed by atoms with van der Waals surface area (Å²) >= 11 is 0. The molecule has 0 aromatic carbocycles. The fraction of sp³-hybridized carbons (Fsp3) is 0.867. The Kier molecular flexibility index (Phi) is 9.21. The summed E-state index contributed by atoms with van der Waals surface area (Å²) in [6.45, 7) is 8.55. The minimum absolute atomic E-state index is 0.0641. The van der Waals surface area contributed by atoms with E-state index in [1.807, 2.05) is 13.8 Å². The molecule has 3 unspecified atom stereocenters. The van der Waals surface area contributed by atoms with Crippen molar-refractivity contribution in [3.63, 3.8) is 0 Å². The molecular formula is C15H30N2O3. The van der Waals surface area contributed by atoms with E-state index < -0.39 is 5.97 Å². The third-order valence-electron chi connectivity index (χ3n) is 3.89. The molecule has 5 nitrogen and oxygen atoms in total. The molecule has 0 saturated heterocycles. The summed E-state index contributed by atoms with van der Waals surface area (Å²) in [6.07, 6.45) is 3.21. The molecular weight excluding hydrogens is 256 g/mol. The van der Waals surface area contributed by atoms with Crippen molar-refractivity contribution in [3.8, 4) is 0 Å². The van der Waals surface area contributed by atoms with Crippen LogP contribution in [0.15, 0.2) is 0 Å². The highest BCUT2D eigenvalue weighted by Gasteiger charge is 2.21. The smallest absolute Gasteiger partial charge is 0.303 e. The first-order valence-corrected chi connectivity index (χ1v) is 7.56. The Morgan fingerprint density at radius 1 is 1.10 bits per heavy atom. The maximum atomic E-state index is 11.9. The number of carbonyl (C=O) groups excluding carboxylic acids is 1. The zero-order valence-corrected chi connectivity index (χ0v) is 13.3. The lowest BCUT2D eigenvalue weighted by atomic mass is 9.91. The van der Waals surface area contributed by atoms with Crippen molar-refractivity contribution in [2.75, 3.05) is 6.54 Å². The van der Waals surface area contributed by atoms with Crippen molar-refractivity contribution in [1.82, 2.24) is 5.01 Å². The highest BCUT2D eigenvalue weighted by molar-refractivity contribution is 5.75. The Labute approximate surface area is 122 Å². The van der Waals surface area contributed by atoms with Gasteiger partial charge in [-0.3, -0.25) is 14.6 Å². The minimum atomic E-state index is -0.832. The van der Waals surface area contributed by atoms with E-state index in [0.717, 1.165) is 19.3 Å². The molecule has 20 heavy (non-hydrogen) atoms. The predicted molar refractivity (Wildman–Crippen MR) is 79.8 cm³/mol. The van der Waals surface area contributed by atoms with Gasteiger partial charge in [0.25, 0.3) is 0 Å². The Bertz CT molecular complexity index is 307. The molecule has 1 amide bonds. The summed E-state index contributed by atoms with van der Waals surface area (Å²) in [5.41, 5.74) is 0. The van der Waals surface area contributed by atoms with Gasteiger partial charge >= 0.3 is 5.97 Å². The summed E-state index contributed by atoms with van der Waals surface area (Å²) < 4.78 is 0. The minimum Gasteiger partial charge on any atom is -0.481 e. The van der Waals surface area contributed by atoms with Crippen LogP contribution in [-0.2, 0) is 9.59 Å². The van der Waals surface area contributed by atoms with Gasteiger partial charge < -0.3 is 5.11 Å². The van der Waals surface area contributed by atoms with Gasteiger partial charge in [0, 0.05) is 19.4 Å². The Balaban J connectivity index is 4.46. The van der Waals surface area contributed by atoms with E-state index >= 15 is 0 Å². The van der Waals surface area contributed by atoms with Gasteiger partial charge in [0.05, 0.1) is 0 Å². The van der Waals surface area contributed by atoms with Gasteiger partial charge in [-0.15, -0.1) is 0 Å². The molecule has 0 aliphatic rings. The molecule has 0 saturated carbocycles. The van der Waals surface area contributed by atoms with Crippen LogP contribution in [0.1, 0.15) is 59.8 Å². The monoisotopic (exact) mass is 286 g/mol. The van der Waals surface area contributed by atoms with E-state index in [0.29, 0.717) is 24.8 Å². The number of nitrogens with zero attached hydrogens (tertiary/aromatic N) is 1. The molecule has 0 aromatic heterocycles. The van der Waals surface area contributed by atoms with Crippen LogP contribution < -0.4 is 5.84 Å². The molecule has 5 heteroatoms. The summed E-state index contributed by atoms with van der Waals surface area (Å²) in [4.78, 5) is 22.9. The lowest BCUT2D eigenvalue weighted by molar-refractivity contribution is -0.140. The van der Waals surface area contributed by atoms with Crippen molar-refractivity contribution < 1.29 is 14.7 Å². The van der Waals surface area contributed by atoms with Crippen LogP contribution in [0.2, 0.25) is 0 Å². The Morgan fingerprint density at radius 2 is 1.65 bits per heavy atom. The average molecular weight is 286 g/mol. The van der Waals surface area contributed by atoms with Crippen LogP contribution >= 0.6 is 0 Å². The van der Waals surface area contributed by atoms with Crippen molar-refractivity contribution in [2.24, 2.45) is 23.6 Å². The molecule has 0 rings (SSSR count). The number of amides is 1. The van der Waals surface area contributed by atoms with Gasteiger partial charge in [0.15, 0.2) is 0 Å². The molecule has 0 spiro atoms. The topological polar surface area (TPSA) is 83.6 Å². The molecule has 0 heterocycles. The summed E-state index contributed by atoms with van der Waals surface area (Å²) in [6, 6.07) is 0. The fourth-order valence-corrected chi connectivity index (χ4v) is 2.14. The van der Waals surface area contributed by atoms with Gasteiger partial charge in [-0.2, -0.15) is 0 Å². The molecule has 3 atom stereocenters. The number of hydrogen-bond donors (Lipinski definition) is 2. The number of hydrogen-bond acceptors (Lipinski definition) is 3. The third kappa shape index (κ3) is 8.15. The second kappa shape index (κ2) is 9.75. The van der Waals surface area contributed by atoms with E-state index in [1.54, 1.807) is 0 Å². The van der Waals surface area contributed by atoms with Crippen LogP contribution in [0.4, 0.5) is 0 Å². The molecule has 0 aliphatic heterocycles. The summed E-state index contributed by atoms with van der Waals surface area (Å²) in [5, 5.41) is 10.2. The second-order valence-electron chi connectivity index (χ2n) is 5.98. The molecule has 118 valence electrons. The van der Waals surface area contributed by atoms with E-state index in [-0.39, 0.29) is 18.2 Å². The maximum absolute atomic E-state index is 11.9. The van der Waals surface area contributed by atoms with Crippen LogP contribution in [0.3, 0.4) is 0 Å². The number of carboxylic acid groups (broad SMARTS) is 1. The zero-order chi connectivity index (χ0) is 15.7. The highest BCUT2D eigenvalue weighted by Crippen LogP contribution is 2.19. The molecule has 0 aliphatic carbocycles. The Hall–Kier alpha value is -1.10. The largest absolute Gasteiger partial charge is 0.481 e. The molecule has 0 bridgehead atoms. The summed E-state index contributed by atoms with van der Waals surface area (Å²) in [5.74, 6) is 5.55. The van der Waals surface area contributed by atoms with E-state index in [1.165, 1.54) is 5.01 Å². The lowest BCUT2D eigenvalue weighted by Gasteiger charge is -2.25. The zero-order valence-electron chi connectivity index (χ0n) is 13.3. The number of hydrazine groups is 1. The van der Waals surface area contributed by atoms with E-state index in [2.05, 4.69) is 13.8 Å². The maximum Gasteiger partial charge on any atom is 0.303 e. The van der Waals surface area contributed by atoms with E-state index in [4.69, 9.17) is 10.9 Å². The SMILES string of the molecule is CCC(C)CC(=O)N(N)CC(CC(=O)O)CC(C)CC. The van der Waals surface area contributed by atoms with Crippen LogP contribution in [0.5, 0.6) is 0 Å². The summed E-state index contributed by atoms with van der Waals surface area (Å²) in [7, 11) is 0. The van der Waals surface area contributed by atoms with Gasteiger partial charge in [-0.1, -0.05) is 40.5 Å². The second-order valence-corrected chi connectivity index (χ2v) is 5.98. The van der Waals surface area contributed by atoms with Crippen LogP contribution in [0.25, 0.3) is 0 Å². The number of rotatable bonds is 10. The van der Waals surface area contributed by atoms with Crippen LogP contribution in [-0.4, -0.2) is 28.5 Å².